The smallest absolute Gasteiger partial charge is 0.251 e. The second-order valence-electron chi connectivity index (χ2n) is 9.26. The van der Waals surface area contributed by atoms with Crippen LogP contribution in [0.1, 0.15) is 86.9 Å². The lowest BCUT2D eigenvalue weighted by molar-refractivity contribution is 0.0944. The molecule has 0 bridgehead atoms. The summed E-state index contributed by atoms with van der Waals surface area (Å²) >= 11 is 6.94. The standard InChI is InChI=1S/C28H38Br2N2O4/c1-19(2)35-25-13-11-21(17-23(25)29)27(33)31-15-9-7-5-6-8-10-16-32-28(34)22-12-14-26(24(30)18-22)36-20(3)4/h11-14,17-20H,5-10,15-16H2,1-4H3,(H,31,33)(H,32,34). The number of unbranched alkanes of at least 4 members (excludes halogenated alkanes) is 5. The Hall–Kier alpha value is -2.06. The molecule has 0 spiro atoms. The van der Waals surface area contributed by atoms with Crippen LogP contribution in [0.5, 0.6) is 11.5 Å². The van der Waals surface area contributed by atoms with E-state index in [1.165, 1.54) is 0 Å². The third-order valence-corrected chi connectivity index (χ3v) is 6.53. The molecule has 8 heteroatoms. The van der Waals surface area contributed by atoms with Crippen molar-refractivity contribution >= 4 is 43.7 Å². The lowest BCUT2D eigenvalue weighted by Crippen LogP contribution is -2.24. The Balaban J connectivity index is 1.54. The van der Waals surface area contributed by atoms with Gasteiger partial charge in [0, 0.05) is 24.2 Å². The highest BCUT2D eigenvalue weighted by Gasteiger charge is 2.11. The average Bonchev–Trinajstić information content (AvgIpc) is 2.82. The van der Waals surface area contributed by atoms with Gasteiger partial charge in [0.2, 0.25) is 0 Å². The zero-order valence-corrected chi connectivity index (χ0v) is 24.8. The number of hydrogen-bond acceptors (Lipinski definition) is 4. The average molecular weight is 626 g/mol. The van der Waals surface area contributed by atoms with E-state index in [2.05, 4.69) is 42.5 Å². The highest BCUT2D eigenvalue weighted by Crippen LogP contribution is 2.28. The summed E-state index contributed by atoms with van der Waals surface area (Å²) in [6.45, 7) is 9.19. The van der Waals surface area contributed by atoms with Gasteiger partial charge in [-0.05, 0) is 109 Å². The summed E-state index contributed by atoms with van der Waals surface area (Å²) in [6, 6.07) is 10.8. The van der Waals surface area contributed by atoms with Crippen molar-refractivity contribution in [3.8, 4) is 11.5 Å². The maximum Gasteiger partial charge on any atom is 0.251 e. The van der Waals surface area contributed by atoms with Gasteiger partial charge in [0.05, 0.1) is 21.2 Å². The number of ether oxygens (including phenoxy) is 2. The molecule has 0 unspecified atom stereocenters. The van der Waals surface area contributed by atoms with Crippen LogP contribution >= 0.6 is 31.9 Å². The van der Waals surface area contributed by atoms with E-state index in [0.29, 0.717) is 24.2 Å². The number of amides is 2. The van der Waals surface area contributed by atoms with Gasteiger partial charge in [0.1, 0.15) is 11.5 Å². The Bertz CT molecular complexity index is 916. The van der Waals surface area contributed by atoms with E-state index in [1.807, 2.05) is 39.8 Å². The van der Waals surface area contributed by atoms with E-state index >= 15 is 0 Å². The van der Waals surface area contributed by atoms with Crippen molar-refractivity contribution < 1.29 is 19.1 Å². The van der Waals surface area contributed by atoms with Crippen LogP contribution in [-0.2, 0) is 0 Å². The molecule has 2 amide bonds. The Morgan fingerprint density at radius 1 is 0.667 bits per heavy atom. The summed E-state index contributed by atoms with van der Waals surface area (Å²) in [4.78, 5) is 24.7. The molecule has 0 aromatic heterocycles. The van der Waals surface area contributed by atoms with Crippen molar-refractivity contribution in [2.24, 2.45) is 0 Å². The monoisotopic (exact) mass is 624 g/mol. The summed E-state index contributed by atoms with van der Waals surface area (Å²) < 4.78 is 12.9. The minimum absolute atomic E-state index is 0.0725. The van der Waals surface area contributed by atoms with Gasteiger partial charge in [0.15, 0.2) is 0 Å². The van der Waals surface area contributed by atoms with Gasteiger partial charge in [-0.2, -0.15) is 0 Å². The van der Waals surface area contributed by atoms with E-state index in [1.54, 1.807) is 24.3 Å². The molecule has 0 heterocycles. The first kappa shape index (κ1) is 30.2. The second-order valence-corrected chi connectivity index (χ2v) is 11.0. The highest BCUT2D eigenvalue weighted by atomic mass is 79.9. The Morgan fingerprint density at radius 2 is 1.03 bits per heavy atom. The number of carbonyl (C=O) groups is 2. The van der Waals surface area contributed by atoms with Crippen LogP contribution in [0.25, 0.3) is 0 Å². The fourth-order valence-electron chi connectivity index (χ4n) is 3.55. The SMILES string of the molecule is CC(C)Oc1ccc(C(=O)NCCCCCCCCNC(=O)c2ccc(OC(C)C)c(Br)c2)cc1Br. The number of rotatable bonds is 15. The summed E-state index contributed by atoms with van der Waals surface area (Å²) in [5, 5.41) is 5.97. The van der Waals surface area contributed by atoms with E-state index in [9.17, 15) is 9.59 Å². The molecule has 0 aliphatic carbocycles. The molecule has 0 aliphatic rings. The van der Waals surface area contributed by atoms with Crippen LogP contribution in [0.4, 0.5) is 0 Å². The molecule has 0 radical (unpaired) electrons. The molecule has 198 valence electrons. The van der Waals surface area contributed by atoms with Crippen molar-refractivity contribution in [2.75, 3.05) is 13.1 Å². The zero-order valence-electron chi connectivity index (χ0n) is 21.7. The third kappa shape index (κ3) is 10.9. The number of hydrogen-bond donors (Lipinski definition) is 2. The quantitative estimate of drug-likeness (QED) is 0.204. The Morgan fingerprint density at radius 3 is 1.36 bits per heavy atom. The topological polar surface area (TPSA) is 76.7 Å². The van der Waals surface area contributed by atoms with Gasteiger partial charge in [-0.15, -0.1) is 0 Å². The lowest BCUT2D eigenvalue weighted by Gasteiger charge is -2.12. The summed E-state index contributed by atoms with van der Waals surface area (Å²) in [5.41, 5.74) is 1.24. The number of nitrogens with one attached hydrogen (secondary N) is 2. The van der Waals surface area contributed by atoms with Crippen molar-refractivity contribution in [3.05, 3.63) is 56.5 Å². The predicted molar refractivity (Wildman–Crippen MR) is 152 cm³/mol. The second kappa shape index (κ2) is 15.9. The molecule has 2 N–H and O–H groups in total. The molecular weight excluding hydrogens is 588 g/mol. The Labute approximate surface area is 232 Å². The molecule has 2 rings (SSSR count). The molecule has 36 heavy (non-hydrogen) atoms. The van der Waals surface area contributed by atoms with Crippen LogP contribution in [0.15, 0.2) is 45.3 Å². The molecule has 2 aromatic rings. The van der Waals surface area contributed by atoms with E-state index in [0.717, 1.165) is 59.0 Å². The van der Waals surface area contributed by atoms with Crippen LogP contribution in [0.3, 0.4) is 0 Å². The normalized spacial score (nSPS) is 11.0. The van der Waals surface area contributed by atoms with Crippen LogP contribution in [0, 0.1) is 0 Å². The van der Waals surface area contributed by atoms with E-state index < -0.39 is 0 Å². The number of carbonyl (C=O) groups excluding carboxylic acids is 2. The fraction of sp³-hybridized carbons (Fsp3) is 0.500. The molecule has 6 nitrogen and oxygen atoms in total. The van der Waals surface area contributed by atoms with Crippen LogP contribution in [0.2, 0.25) is 0 Å². The minimum Gasteiger partial charge on any atom is -0.490 e. The van der Waals surface area contributed by atoms with E-state index in [4.69, 9.17) is 9.47 Å². The molecule has 2 aromatic carbocycles. The van der Waals surface area contributed by atoms with Crippen molar-refractivity contribution in [1.82, 2.24) is 10.6 Å². The van der Waals surface area contributed by atoms with Gasteiger partial charge in [-0.1, -0.05) is 25.7 Å². The molecule has 0 aliphatic heterocycles. The first-order valence-corrected chi connectivity index (χ1v) is 14.2. The fourth-order valence-corrected chi connectivity index (χ4v) is 4.49. The lowest BCUT2D eigenvalue weighted by atomic mass is 10.1. The highest BCUT2D eigenvalue weighted by molar-refractivity contribution is 9.10. The maximum atomic E-state index is 12.4. The van der Waals surface area contributed by atoms with Gasteiger partial charge < -0.3 is 20.1 Å². The molecule has 0 atom stereocenters. The summed E-state index contributed by atoms with van der Waals surface area (Å²) in [6.07, 6.45) is 6.41. The van der Waals surface area contributed by atoms with Gasteiger partial charge >= 0.3 is 0 Å². The van der Waals surface area contributed by atoms with Gasteiger partial charge in [-0.25, -0.2) is 0 Å². The molecular formula is C28H38Br2N2O4. The number of halogens is 2. The largest absolute Gasteiger partial charge is 0.490 e. The summed E-state index contributed by atoms with van der Waals surface area (Å²) in [5.74, 6) is 1.33. The molecule has 0 fully saturated rings. The molecule has 0 saturated heterocycles. The third-order valence-electron chi connectivity index (χ3n) is 5.29. The first-order chi connectivity index (χ1) is 17.2. The van der Waals surface area contributed by atoms with Crippen LogP contribution in [-0.4, -0.2) is 37.1 Å². The first-order valence-electron chi connectivity index (χ1n) is 12.7. The van der Waals surface area contributed by atoms with Crippen molar-refractivity contribution in [1.29, 1.82) is 0 Å². The van der Waals surface area contributed by atoms with Crippen LogP contribution < -0.4 is 20.1 Å². The number of benzene rings is 2. The van der Waals surface area contributed by atoms with E-state index in [-0.39, 0.29) is 24.0 Å². The zero-order chi connectivity index (χ0) is 26.5. The maximum absolute atomic E-state index is 12.4. The minimum atomic E-state index is -0.0725. The Kier molecular flexibility index (Phi) is 13.3. The van der Waals surface area contributed by atoms with Gasteiger partial charge in [-0.3, -0.25) is 9.59 Å². The van der Waals surface area contributed by atoms with Crippen molar-refractivity contribution in [3.63, 3.8) is 0 Å². The van der Waals surface area contributed by atoms with Crippen molar-refractivity contribution in [2.45, 2.75) is 78.4 Å². The summed E-state index contributed by atoms with van der Waals surface area (Å²) in [7, 11) is 0. The molecule has 0 saturated carbocycles. The predicted octanol–water partition coefficient (Wildman–Crippen LogP) is 7.29. The van der Waals surface area contributed by atoms with Gasteiger partial charge in [0.25, 0.3) is 11.8 Å².